The molecule has 0 aromatic heterocycles. The zero-order valence-corrected chi connectivity index (χ0v) is 19.4. The zero-order chi connectivity index (χ0) is 24.2. The highest BCUT2D eigenvalue weighted by molar-refractivity contribution is 7.92. The number of hydrogen-bond donors (Lipinski definition) is 3. The van der Waals surface area contributed by atoms with Gasteiger partial charge in [0.25, 0.3) is 10.0 Å². The van der Waals surface area contributed by atoms with Gasteiger partial charge < -0.3 is 5.32 Å². The first kappa shape index (κ1) is 24.4. The predicted octanol–water partition coefficient (Wildman–Crippen LogP) is 3.24. The molecule has 0 aliphatic rings. The number of benzene rings is 3. The molecule has 3 N–H and O–H groups in total. The number of anilines is 2. The van der Waals surface area contributed by atoms with E-state index in [0.717, 1.165) is 17.7 Å². The lowest BCUT2D eigenvalue weighted by Gasteiger charge is -2.15. The van der Waals surface area contributed by atoms with E-state index >= 15 is 0 Å². The van der Waals surface area contributed by atoms with E-state index < -0.39 is 42.7 Å². The third-order valence-electron chi connectivity index (χ3n) is 4.59. The summed E-state index contributed by atoms with van der Waals surface area (Å²) in [5, 5.41) is 2.52. The molecule has 0 unspecified atom stereocenters. The summed E-state index contributed by atoms with van der Waals surface area (Å²) < 4.78 is 68.0. The van der Waals surface area contributed by atoms with Crippen molar-refractivity contribution in [3.8, 4) is 0 Å². The molecule has 1 amide bonds. The Kier molecular flexibility index (Phi) is 7.15. The van der Waals surface area contributed by atoms with Crippen LogP contribution in [0.4, 0.5) is 15.8 Å². The second-order valence-electron chi connectivity index (χ2n) is 7.26. The number of amides is 1. The highest BCUT2D eigenvalue weighted by Gasteiger charge is 2.24. The third-order valence-corrected chi connectivity index (χ3v) is 7.56. The van der Waals surface area contributed by atoms with Crippen molar-refractivity contribution in [2.75, 3.05) is 10.0 Å². The fourth-order valence-corrected chi connectivity index (χ4v) is 5.16. The van der Waals surface area contributed by atoms with E-state index in [4.69, 9.17) is 0 Å². The van der Waals surface area contributed by atoms with Crippen molar-refractivity contribution in [2.24, 2.45) is 0 Å². The lowest BCUT2D eigenvalue weighted by molar-refractivity contribution is -0.117. The second kappa shape index (κ2) is 9.69. The van der Waals surface area contributed by atoms with Crippen LogP contribution in [0.2, 0.25) is 0 Å². The van der Waals surface area contributed by atoms with Gasteiger partial charge in [0.15, 0.2) is 0 Å². The molecule has 1 atom stereocenters. The van der Waals surface area contributed by atoms with Crippen LogP contribution in [0.3, 0.4) is 0 Å². The Morgan fingerprint density at radius 1 is 0.818 bits per heavy atom. The maximum atomic E-state index is 13.8. The number of nitrogens with one attached hydrogen (secondary N) is 3. The normalized spacial score (nSPS) is 12.7. The van der Waals surface area contributed by atoms with Gasteiger partial charge in [-0.15, -0.1) is 0 Å². The number of halogens is 1. The van der Waals surface area contributed by atoms with Gasteiger partial charge in [-0.25, -0.2) is 21.2 Å². The summed E-state index contributed by atoms with van der Waals surface area (Å²) in [6, 6.07) is 15.8. The average Bonchev–Trinajstić information content (AvgIpc) is 2.75. The topological polar surface area (TPSA) is 121 Å². The number of rotatable bonds is 8. The maximum Gasteiger partial charge on any atom is 0.261 e. The minimum Gasteiger partial charge on any atom is -0.325 e. The molecule has 3 rings (SSSR count). The minimum absolute atomic E-state index is 0.112. The first-order valence-electron chi connectivity index (χ1n) is 9.75. The van der Waals surface area contributed by atoms with Crippen molar-refractivity contribution in [1.29, 1.82) is 0 Å². The summed E-state index contributed by atoms with van der Waals surface area (Å²) in [7, 11) is -8.02. The molecular formula is C22H22FN3O5S2. The van der Waals surface area contributed by atoms with Crippen LogP contribution < -0.4 is 14.8 Å². The van der Waals surface area contributed by atoms with E-state index in [-0.39, 0.29) is 10.6 Å². The summed E-state index contributed by atoms with van der Waals surface area (Å²) in [4.78, 5) is 11.9. The molecule has 0 heterocycles. The van der Waals surface area contributed by atoms with Crippen molar-refractivity contribution in [1.82, 2.24) is 4.72 Å². The van der Waals surface area contributed by atoms with Crippen molar-refractivity contribution in [3.05, 3.63) is 84.2 Å². The van der Waals surface area contributed by atoms with Crippen LogP contribution in [0.25, 0.3) is 0 Å². The number of carbonyl (C=O) groups is 1. The molecule has 174 valence electrons. The highest BCUT2D eigenvalue weighted by atomic mass is 32.2. The number of carbonyl (C=O) groups excluding carboxylic acids is 1. The average molecular weight is 492 g/mol. The van der Waals surface area contributed by atoms with Gasteiger partial charge in [-0.3, -0.25) is 9.52 Å². The Balaban J connectivity index is 1.64. The molecule has 33 heavy (non-hydrogen) atoms. The van der Waals surface area contributed by atoms with Crippen molar-refractivity contribution in [3.63, 3.8) is 0 Å². The molecule has 3 aromatic rings. The molecule has 0 saturated heterocycles. The molecular weight excluding hydrogens is 469 g/mol. The van der Waals surface area contributed by atoms with Gasteiger partial charge in [0.05, 0.1) is 10.9 Å². The van der Waals surface area contributed by atoms with Crippen LogP contribution in [0.15, 0.2) is 82.6 Å². The molecule has 0 fully saturated rings. The second-order valence-corrected chi connectivity index (χ2v) is 10.6. The maximum absolute atomic E-state index is 13.8. The van der Waals surface area contributed by atoms with Gasteiger partial charge >= 0.3 is 0 Å². The number of hydrogen-bond acceptors (Lipinski definition) is 5. The van der Waals surface area contributed by atoms with E-state index in [9.17, 15) is 26.0 Å². The molecule has 0 saturated carbocycles. The van der Waals surface area contributed by atoms with Crippen LogP contribution in [0.1, 0.15) is 12.5 Å². The number of aryl methyl sites for hydroxylation is 1. The van der Waals surface area contributed by atoms with Crippen molar-refractivity contribution < 1.29 is 26.0 Å². The summed E-state index contributed by atoms with van der Waals surface area (Å²) >= 11 is 0. The lowest BCUT2D eigenvalue weighted by Crippen LogP contribution is -2.41. The Hall–Kier alpha value is -3.28. The highest BCUT2D eigenvalue weighted by Crippen LogP contribution is 2.19. The minimum atomic E-state index is -4.25. The van der Waals surface area contributed by atoms with E-state index in [0.29, 0.717) is 5.69 Å². The van der Waals surface area contributed by atoms with E-state index in [1.807, 2.05) is 6.92 Å². The van der Waals surface area contributed by atoms with Crippen LogP contribution in [-0.4, -0.2) is 28.8 Å². The lowest BCUT2D eigenvalue weighted by atomic mass is 10.2. The standard InChI is InChI=1S/C22H22FN3O5S2/c1-15-7-13-19(14-8-15)32(28,29)26-18-11-9-17(10-12-18)24-22(27)16(2)25-33(30,31)21-6-4-3-5-20(21)23/h3-14,16,25-26H,1-2H3,(H,24,27)/t16-/m0/s1. The molecule has 3 aromatic carbocycles. The molecule has 0 aliphatic heterocycles. The molecule has 8 nitrogen and oxygen atoms in total. The molecule has 0 spiro atoms. The fourth-order valence-electron chi connectivity index (χ4n) is 2.82. The summed E-state index contributed by atoms with van der Waals surface area (Å²) in [6.45, 7) is 3.17. The van der Waals surface area contributed by atoms with Gasteiger partial charge in [-0.1, -0.05) is 29.8 Å². The first-order valence-corrected chi connectivity index (χ1v) is 12.7. The SMILES string of the molecule is Cc1ccc(S(=O)(=O)Nc2ccc(NC(=O)[C@H](C)NS(=O)(=O)c3ccccc3F)cc2)cc1. The van der Waals surface area contributed by atoms with E-state index in [1.165, 1.54) is 55.5 Å². The molecule has 11 heteroatoms. The quantitative estimate of drug-likeness (QED) is 0.447. The smallest absolute Gasteiger partial charge is 0.261 e. The van der Waals surface area contributed by atoms with Crippen molar-refractivity contribution >= 4 is 37.3 Å². The summed E-state index contributed by atoms with van der Waals surface area (Å²) in [6.07, 6.45) is 0. The summed E-state index contributed by atoms with van der Waals surface area (Å²) in [5.74, 6) is -1.61. The summed E-state index contributed by atoms with van der Waals surface area (Å²) in [5.41, 5.74) is 1.52. The van der Waals surface area contributed by atoms with Gasteiger partial charge in [-0.05, 0) is 62.4 Å². The third kappa shape index (κ3) is 6.15. The molecule has 0 radical (unpaired) electrons. The van der Waals surface area contributed by atoms with Crippen LogP contribution in [-0.2, 0) is 24.8 Å². The fraction of sp³-hybridized carbons (Fsp3) is 0.136. The largest absolute Gasteiger partial charge is 0.325 e. The Labute approximate surface area is 192 Å². The van der Waals surface area contributed by atoms with Crippen LogP contribution in [0.5, 0.6) is 0 Å². The Morgan fingerprint density at radius 2 is 1.39 bits per heavy atom. The predicted molar refractivity (Wildman–Crippen MR) is 123 cm³/mol. The molecule has 0 bridgehead atoms. The van der Waals surface area contributed by atoms with Gasteiger partial charge in [0.1, 0.15) is 10.7 Å². The van der Waals surface area contributed by atoms with Crippen LogP contribution >= 0.6 is 0 Å². The monoisotopic (exact) mass is 491 g/mol. The van der Waals surface area contributed by atoms with E-state index in [1.54, 1.807) is 12.1 Å². The van der Waals surface area contributed by atoms with E-state index in [2.05, 4.69) is 14.8 Å². The van der Waals surface area contributed by atoms with Crippen molar-refractivity contribution in [2.45, 2.75) is 29.7 Å². The van der Waals surface area contributed by atoms with Gasteiger partial charge in [0.2, 0.25) is 15.9 Å². The molecule has 0 aliphatic carbocycles. The van der Waals surface area contributed by atoms with Crippen LogP contribution in [0, 0.1) is 12.7 Å². The Morgan fingerprint density at radius 3 is 2.00 bits per heavy atom. The van der Waals surface area contributed by atoms with Gasteiger partial charge in [-0.2, -0.15) is 4.72 Å². The van der Waals surface area contributed by atoms with Gasteiger partial charge in [0, 0.05) is 11.4 Å². The zero-order valence-electron chi connectivity index (χ0n) is 17.7. The number of sulfonamides is 2. The Bertz CT molecular complexity index is 1360. The first-order chi connectivity index (χ1) is 15.5.